The molecule has 129 heavy (non-hydrogen) atoms. The van der Waals surface area contributed by atoms with Gasteiger partial charge in [-0.15, -0.1) is 0 Å². The van der Waals surface area contributed by atoms with Gasteiger partial charge in [0, 0.05) is 26.2 Å². The number of nitrogens with one attached hydrogen (secondary N) is 11. The first-order chi connectivity index (χ1) is 60.9. The van der Waals surface area contributed by atoms with Gasteiger partial charge in [0.25, 0.3) is 0 Å². The Balaban J connectivity index is 1.55. The summed E-state index contributed by atoms with van der Waals surface area (Å²) in [5.74, 6) is -10.7. The van der Waals surface area contributed by atoms with E-state index in [1.54, 1.807) is 0 Å². The zero-order chi connectivity index (χ0) is 96.6. The van der Waals surface area contributed by atoms with Gasteiger partial charge in [0.15, 0.2) is 0 Å². The zero-order valence-electron chi connectivity index (χ0n) is 80.6. The van der Waals surface area contributed by atoms with E-state index in [2.05, 4.69) is 58.5 Å². The molecule has 0 aromatic heterocycles. The van der Waals surface area contributed by atoms with Gasteiger partial charge >= 0.3 is 0 Å². The SMILES string of the molecule is CC(C)C[C@H](NC(=O)[C@@H]1CCCN1C(=O)[C@H](CCCCN)NC(=O)[C@H](CC(C)C)NC(=O)[C@H](CC(C)C)NC(=O)[C@@H]1CCCN1C(=O)[C@H](CCCCN)NC(=O)[C@H](CC(C)C)NC(=O)[C@H](CC(C)C)NC(=O)[C@@H]1CCCN1C(=O)[C@H](CCCCN)NC(=O)[C@H](CC(C)C)NC(=O)[C@H](CC(C)C)NC(=O)[C@@H]1CCCN1C(=O)[C@H](CCCCN)NC(=O)[C@@H](N)CC(C)C)C(N)=O. The summed E-state index contributed by atoms with van der Waals surface area (Å²) in [5, 5.41) is 31.7. The maximum atomic E-state index is 15.1. The Hall–Kier alpha value is -8.68. The zero-order valence-corrected chi connectivity index (χ0v) is 80.6. The van der Waals surface area contributed by atoms with Crippen molar-refractivity contribution in [2.75, 3.05) is 52.4 Å². The summed E-state index contributed by atoms with van der Waals surface area (Å²) in [5.41, 5.74) is 35.5. The van der Waals surface area contributed by atoms with Gasteiger partial charge in [0.2, 0.25) is 94.5 Å². The third-order valence-corrected chi connectivity index (χ3v) is 24.1. The molecule has 0 unspecified atom stereocenters. The van der Waals surface area contributed by atoms with Crippen molar-refractivity contribution < 1.29 is 76.7 Å². The van der Waals surface area contributed by atoms with Crippen molar-refractivity contribution in [3.05, 3.63) is 0 Å². The number of primary amides is 1. The minimum Gasteiger partial charge on any atom is -0.368 e. The second kappa shape index (κ2) is 57.6. The summed E-state index contributed by atoms with van der Waals surface area (Å²) in [6.07, 6.45) is 8.59. The van der Waals surface area contributed by atoms with Gasteiger partial charge in [0.1, 0.15) is 90.6 Å². The van der Waals surface area contributed by atoms with Crippen molar-refractivity contribution in [3.63, 3.8) is 0 Å². The molecule has 37 heteroatoms. The predicted molar refractivity (Wildman–Crippen MR) is 495 cm³/mol. The fraction of sp³-hybridized carbons (Fsp3) is 0.826. The topological polar surface area (TPSA) is 575 Å². The highest BCUT2D eigenvalue weighted by Gasteiger charge is 2.46. The lowest BCUT2D eigenvalue weighted by molar-refractivity contribution is -0.143. The normalized spacial score (nSPS) is 19.3. The van der Waals surface area contributed by atoms with Crippen LogP contribution in [0.1, 0.15) is 291 Å². The molecule has 16 amide bonds. The van der Waals surface area contributed by atoms with E-state index in [1.807, 2.05) is 111 Å². The lowest BCUT2D eigenvalue weighted by Gasteiger charge is -2.32. The highest BCUT2D eigenvalue weighted by Crippen LogP contribution is 2.28. The van der Waals surface area contributed by atoms with Gasteiger partial charge in [-0.3, -0.25) is 76.7 Å². The van der Waals surface area contributed by atoms with E-state index in [9.17, 15) is 67.1 Å². The monoisotopic (exact) mass is 1820 g/mol. The Morgan fingerprint density at radius 2 is 0.426 bits per heavy atom. The third kappa shape index (κ3) is 38.2. The number of likely N-dealkylation sites (tertiary alicyclic amines) is 4. The summed E-state index contributed by atoms with van der Waals surface area (Å²) in [4.78, 5) is 237. The first kappa shape index (κ1) is 113. The number of unbranched alkanes of at least 4 members (excludes halogenated alkanes) is 4. The van der Waals surface area contributed by atoms with Crippen molar-refractivity contribution in [1.82, 2.24) is 78.1 Å². The molecule has 736 valence electrons. The molecule has 4 fully saturated rings. The van der Waals surface area contributed by atoms with Gasteiger partial charge in [-0.2, -0.15) is 0 Å². The minimum atomic E-state index is -1.26. The molecule has 0 radical (unpaired) electrons. The van der Waals surface area contributed by atoms with Crippen molar-refractivity contribution >= 4 is 94.5 Å². The number of nitrogens with two attached hydrogens (primary N) is 6. The second-order valence-corrected chi connectivity index (χ2v) is 39.6. The van der Waals surface area contributed by atoms with Crippen LogP contribution in [0.3, 0.4) is 0 Å². The number of rotatable bonds is 59. The number of nitrogens with zero attached hydrogens (tertiary/aromatic N) is 4. The maximum absolute atomic E-state index is 15.1. The largest absolute Gasteiger partial charge is 0.368 e. The van der Waals surface area contributed by atoms with Crippen LogP contribution >= 0.6 is 0 Å². The Bertz CT molecular complexity index is 3620. The standard InChI is InChI=1S/C92H167N21O16/c1-53(2)45-61(97)78(115)99-62(29-17-21-37-93)89(126)111-42-26-34-74(111)86(123)107-70(50-58(11)12)82(119)105-68(48-56(7)8)80(117)101-64(31-19-23-39-95)91(128)113-44-28-36-76(113)88(125)109-72(52-60(15)16)84(121)106-69(49-57(9)10)81(118)102-65(32-20-24-40-96)92(129)112-43-27-35-75(112)87(124)108-71(51-59(13)14)83(120)104-67(47-55(5)6)79(116)100-63(30-18-22-38-94)90(127)110-41-25-33-73(110)85(122)103-66(77(98)114)46-54(3)4/h53-76H,17-52,93-97H2,1-16H3,(H2,98,114)(H,99,115)(H,100,116)(H,101,117)(H,102,118)(H,103,122)(H,104,120)(H,105,119)(H,106,121)(H,107,123)(H,108,124)(H,109,125)/t61-,62-,63-,64-,65-,66-,67-,68-,69-,70-,71-,72-,73-,74-,75-,76-/m0/s1. The summed E-state index contributed by atoms with van der Waals surface area (Å²) >= 11 is 0. The van der Waals surface area contributed by atoms with Crippen LogP contribution in [0.4, 0.5) is 0 Å². The fourth-order valence-corrected chi connectivity index (χ4v) is 17.5. The van der Waals surface area contributed by atoms with Crippen LogP contribution in [0.15, 0.2) is 0 Å². The molecule has 4 aliphatic heterocycles. The van der Waals surface area contributed by atoms with E-state index in [0.29, 0.717) is 116 Å². The van der Waals surface area contributed by atoms with Gasteiger partial charge in [-0.25, -0.2) is 0 Å². The summed E-state index contributed by atoms with van der Waals surface area (Å²) in [6.45, 7) is 31.9. The number of carbonyl (C=O) groups is 16. The molecular formula is C92H167N21O16. The number of hydrogen-bond donors (Lipinski definition) is 17. The van der Waals surface area contributed by atoms with E-state index >= 15 is 9.59 Å². The Morgan fingerprint density at radius 1 is 0.248 bits per heavy atom. The predicted octanol–water partition coefficient (Wildman–Crippen LogP) is 1.98. The van der Waals surface area contributed by atoms with E-state index < -0.39 is 191 Å². The second-order valence-electron chi connectivity index (χ2n) is 39.6. The van der Waals surface area contributed by atoms with Crippen molar-refractivity contribution in [1.29, 1.82) is 0 Å². The third-order valence-electron chi connectivity index (χ3n) is 24.1. The van der Waals surface area contributed by atoms with Gasteiger partial charge in [0.05, 0.1) is 6.04 Å². The van der Waals surface area contributed by atoms with Crippen LogP contribution < -0.4 is 92.9 Å². The molecule has 0 aromatic carbocycles. The Morgan fingerprint density at radius 3 is 0.620 bits per heavy atom. The molecule has 0 aliphatic carbocycles. The summed E-state index contributed by atoms with van der Waals surface area (Å²) in [6, 6.07) is -17.8. The molecule has 0 spiro atoms. The van der Waals surface area contributed by atoms with Crippen LogP contribution in [0.5, 0.6) is 0 Å². The van der Waals surface area contributed by atoms with Crippen molar-refractivity contribution in [2.45, 2.75) is 387 Å². The summed E-state index contributed by atoms with van der Waals surface area (Å²) in [7, 11) is 0. The van der Waals surface area contributed by atoms with E-state index in [0.717, 1.165) is 0 Å². The molecule has 0 bridgehead atoms. The van der Waals surface area contributed by atoms with E-state index in [4.69, 9.17) is 34.4 Å². The van der Waals surface area contributed by atoms with Crippen LogP contribution in [0, 0.1) is 47.3 Å². The van der Waals surface area contributed by atoms with Crippen LogP contribution in [0.2, 0.25) is 0 Å². The molecule has 4 heterocycles. The highest BCUT2D eigenvalue weighted by molar-refractivity contribution is 6.01. The van der Waals surface area contributed by atoms with Gasteiger partial charge in [-0.05, 0) is 253 Å². The highest BCUT2D eigenvalue weighted by atomic mass is 16.2. The average molecular weight is 1820 g/mol. The van der Waals surface area contributed by atoms with E-state index in [-0.39, 0.29) is 164 Å². The van der Waals surface area contributed by atoms with Gasteiger partial charge < -0.3 is 112 Å². The molecule has 0 saturated carbocycles. The average Bonchev–Trinajstić information content (AvgIpc) is 1.72. The quantitative estimate of drug-likeness (QED) is 0.0387. The number of amides is 16. The van der Waals surface area contributed by atoms with Crippen LogP contribution in [-0.4, -0.2) is 263 Å². The first-order valence-corrected chi connectivity index (χ1v) is 48.3. The Labute approximate surface area is 767 Å². The molecule has 4 saturated heterocycles. The van der Waals surface area contributed by atoms with Crippen LogP contribution in [-0.2, 0) is 76.7 Å². The number of hydrogen-bond acceptors (Lipinski definition) is 21. The van der Waals surface area contributed by atoms with Crippen molar-refractivity contribution in [3.8, 4) is 0 Å². The molecule has 0 aromatic rings. The molecular weight excluding hydrogens is 1660 g/mol. The molecule has 23 N–H and O–H groups in total. The molecule has 4 rings (SSSR count). The van der Waals surface area contributed by atoms with Crippen molar-refractivity contribution in [2.24, 2.45) is 81.7 Å². The fourth-order valence-electron chi connectivity index (χ4n) is 17.5. The van der Waals surface area contributed by atoms with Gasteiger partial charge in [-0.1, -0.05) is 111 Å². The maximum Gasteiger partial charge on any atom is 0.245 e. The molecule has 16 atom stereocenters. The molecule has 4 aliphatic rings. The molecule has 37 nitrogen and oxygen atoms in total. The van der Waals surface area contributed by atoms with Crippen LogP contribution in [0.25, 0.3) is 0 Å². The smallest absolute Gasteiger partial charge is 0.245 e. The lowest BCUT2D eigenvalue weighted by atomic mass is 9.98. The minimum absolute atomic E-state index is 0.0296. The Kier molecular flexibility index (Phi) is 50.3. The summed E-state index contributed by atoms with van der Waals surface area (Å²) < 4.78 is 0. The lowest BCUT2D eigenvalue weighted by Crippen LogP contribution is -2.61. The first-order valence-electron chi connectivity index (χ1n) is 48.3. The van der Waals surface area contributed by atoms with E-state index in [1.165, 1.54) is 19.6 Å². The number of carbonyl (C=O) groups excluding carboxylic acids is 16.